The normalized spacial score (nSPS) is 10.2. The third-order valence-corrected chi connectivity index (χ3v) is 3.04. The first-order chi connectivity index (χ1) is 7.66. The van der Waals surface area contributed by atoms with E-state index in [1.54, 1.807) is 0 Å². The van der Waals surface area contributed by atoms with E-state index in [0.717, 1.165) is 16.9 Å². The number of carbonyl (C=O) groups is 1. The van der Waals surface area contributed by atoms with Gasteiger partial charge in [-0.15, -0.1) is 0 Å². The number of anilines is 1. The molecule has 0 unspecified atom stereocenters. The molecule has 3 N–H and O–H groups in total. The van der Waals surface area contributed by atoms with Crippen LogP contribution in [0.1, 0.15) is 21.1 Å². The number of aromatic nitrogens is 1. The molecule has 2 aromatic rings. The van der Waals surface area contributed by atoms with E-state index in [1.807, 2.05) is 30.3 Å². The zero-order chi connectivity index (χ0) is 11.5. The van der Waals surface area contributed by atoms with E-state index in [1.165, 1.54) is 0 Å². The molecule has 0 radical (unpaired) electrons. The highest BCUT2D eigenvalue weighted by Gasteiger charge is 2.13. The van der Waals surface area contributed by atoms with Gasteiger partial charge < -0.3 is 10.8 Å². The Kier molecular flexibility index (Phi) is 2.87. The van der Waals surface area contributed by atoms with Crippen molar-refractivity contribution in [2.24, 2.45) is 0 Å². The molecule has 0 atom stereocenters. The molecular weight excluding hydrogens is 224 g/mol. The van der Waals surface area contributed by atoms with Crippen molar-refractivity contribution in [2.75, 3.05) is 5.73 Å². The molecule has 0 saturated heterocycles. The zero-order valence-electron chi connectivity index (χ0n) is 8.38. The summed E-state index contributed by atoms with van der Waals surface area (Å²) >= 11 is 1.01. The Balaban J connectivity index is 2.25. The first kappa shape index (κ1) is 10.6. The Labute approximate surface area is 96.4 Å². The Hall–Kier alpha value is -1.88. The van der Waals surface area contributed by atoms with Crippen molar-refractivity contribution in [3.63, 3.8) is 0 Å². The Morgan fingerprint density at radius 1 is 1.38 bits per heavy atom. The van der Waals surface area contributed by atoms with Crippen molar-refractivity contribution in [3.8, 4) is 0 Å². The summed E-state index contributed by atoms with van der Waals surface area (Å²) in [6.07, 6.45) is 0.566. The van der Waals surface area contributed by atoms with Gasteiger partial charge in [0.15, 0.2) is 0 Å². The van der Waals surface area contributed by atoms with Crippen molar-refractivity contribution >= 4 is 22.3 Å². The lowest BCUT2D eigenvalue weighted by Gasteiger charge is -1.98. The van der Waals surface area contributed by atoms with Crippen molar-refractivity contribution in [3.05, 3.63) is 46.6 Å². The third-order valence-electron chi connectivity index (χ3n) is 2.12. The molecule has 1 heterocycles. The number of thiazole rings is 1. The second kappa shape index (κ2) is 4.32. The van der Waals surface area contributed by atoms with Crippen LogP contribution in [-0.4, -0.2) is 16.1 Å². The molecule has 0 bridgehead atoms. The van der Waals surface area contributed by atoms with Gasteiger partial charge in [0, 0.05) is 6.42 Å². The molecule has 0 saturated carbocycles. The van der Waals surface area contributed by atoms with Crippen LogP contribution in [-0.2, 0) is 6.42 Å². The van der Waals surface area contributed by atoms with Crippen LogP contribution in [0, 0.1) is 0 Å². The molecule has 5 heteroatoms. The molecule has 2 rings (SSSR count). The van der Waals surface area contributed by atoms with Crippen molar-refractivity contribution in [1.29, 1.82) is 0 Å². The zero-order valence-corrected chi connectivity index (χ0v) is 9.20. The predicted molar refractivity (Wildman–Crippen MR) is 62.7 cm³/mol. The lowest BCUT2D eigenvalue weighted by molar-refractivity contribution is 0.0696. The largest absolute Gasteiger partial charge is 0.476 e. The minimum atomic E-state index is -1.03. The van der Waals surface area contributed by atoms with Gasteiger partial charge in [0.05, 0.1) is 5.69 Å². The summed E-state index contributed by atoms with van der Waals surface area (Å²) in [5, 5.41) is 9.30. The van der Waals surface area contributed by atoms with Crippen LogP contribution in [0.2, 0.25) is 0 Å². The third kappa shape index (κ3) is 2.20. The lowest BCUT2D eigenvalue weighted by atomic mass is 10.1. The fourth-order valence-corrected chi connectivity index (χ4v) is 2.06. The average Bonchev–Trinajstić information content (AvgIpc) is 2.62. The quantitative estimate of drug-likeness (QED) is 0.851. The van der Waals surface area contributed by atoms with E-state index in [9.17, 15) is 4.79 Å². The molecule has 0 amide bonds. The van der Waals surface area contributed by atoms with E-state index in [-0.39, 0.29) is 5.01 Å². The number of hydrogen-bond donors (Lipinski definition) is 2. The fourth-order valence-electron chi connectivity index (χ4n) is 1.37. The molecule has 4 nitrogen and oxygen atoms in total. The monoisotopic (exact) mass is 234 g/mol. The number of benzene rings is 1. The lowest BCUT2D eigenvalue weighted by Crippen LogP contribution is -1.97. The van der Waals surface area contributed by atoms with Gasteiger partial charge in [-0.05, 0) is 5.56 Å². The number of carboxylic acid groups (broad SMARTS) is 1. The Morgan fingerprint density at radius 2 is 2.06 bits per heavy atom. The summed E-state index contributed by atoms with van der Waals surface area (Å²) in [5.74, 6) is -1.03. The standard InChI is InChI=1S/C11H10N2O2S/c12-9-8(13-10(16-9)11(14)15)6-7-4-2-1-3-5-7/h1-5H,6,12H2,(H,14,15). The number of aromatic carboxylic acids is 1. The number of nitrogens with two attached hydrogens (primary N) is 1. The maximum atomic E-state index is 10.7. The molecule has 0 aliphatic carbocycles. The van der Waals surface area contributed by atoms with Crippen LogP contribution >= 0.6 is 11.3 Å². The number of rotatable bonds is 3. The summed E-state index contributed by atoms with van der Waals surface area (Å²) in [7, 11) is 0. The Morgan fingerprint density at radius 3 is 2.62 bits per heavy atom. The number of nitrogens with zero attached hydrogens (tertiary/aromatic N) is 1. The van der Waals surface area contributed by atoms with Gasteiger partial charge in [-0.3, -0.25) is 0 Å². The number of carboxylic acids is 1. The maximum Gasteiger partial charge on any atom is 0.365 e. The van der Waals surface area contributed by atoms with Crippen LogP contribution in [0.5, 0.6) is 0 Å². The van der Waals surface area contributed by atoms with Gasteiger partial charge in [-0.1, -0.05) is 41.7 Å². The van der Waals surface area contributed by atoms with Crippen LogP contribution in [0.15, 0.2) is 30.3 Å². The topological polar surface area (TPSA) is 76.2 Å². The molecule has 0 fully saturated rings. The van der Waals surface area contributed by atoms with Crippen molar-refractivity contribution in [1.82, 2.24) is 4.98 Å². The van der Waals surface area contributed by atoms with Crippen molar-refractivity contribution in [2.45, 2.75) is 6.42 Å². The van der Waals surface area contributed by atoms with Gasteiger partial charge in [-0.25, -0.2) is 9.78 Å². The average molecular weight is 234 g/mol. The minimum Gasteiger partial charge on any atom is -0.476 e. The molecule has 82 valence electrons. The first-order valence-corrected chi connectivity index (χ1v) is 5.51. The maximum absolute atomic E-state index is 10.7. The molecule has 1 aromatic carbocycles. The predicted octanol–water partition coefficient (Wildman–Crippen LogP) is 2.01. The second-order valence-corrected chi connectivity index (χ2v) is 4.33. The summed E-state index contributed by atoms with van der Waals surface area (Å²) in [5.41, 5.74) is 7.42. The molecule has 0 spiro atoms. The molecule has 0 aliphatic heterocycles. The van der Waals surface area contributed by atoms with E-state index in [4.69, 9.17) is 10.8 Å². The van der Waals surface area contributed by atoms with Gasteiger partial charge in [0.1, 0.15) is 5.00 Å². The van der Waals surface area contributed by atoms with Gasteiger partial charge in [0.25, 0.3) is 0 Å². The van der Waals surface area contributed by atoms with Gasteiger partial charge >= 0.3 is 5.97 Å². The van der Waals surface area contributed by atoms with Crippen LogP contribution in [0.3, 0.4) is 0 Å². The fraction of sp³-hybridized carbons (Fsp3) is 0.0909. The smallest absolute Gasteiger partial charge is 0.365 e. The Bertz CT molecular complexity index is 508. The first-order valence-electron chi connectivity index (χ1n) is 4.69. The highest BCUT2D eigenvalue weighted by Crippen LogP contribution is 2.23. The van der Waals surface area contributed by atoms with E-state index < -0.39 is 5.97 Å². The summed E-state index contributed by atoms with van der Waals surface area (Å²) in [6.45, 7) is 0. The van der Waals surface area contributed by atoms with E-state index >= 15 is 0 Å². The van der Waals surface area contributed by atoms with Crippen molar-refractivity contribution < 1.29 is 9.90 Å². The molecule has 16 heavy (non-hydrogen) atoms. The van der Waals surface area contributed by atoms with Gasteiger partial charge in [0.2, 0.25) is 5.01 Å². The van der Waals surface area contributed by atoms with Crippen LogP contribution in [0.25, 0.3) is 0 Å². The summed E-state index contributed by atoms with van der Waals surface area (Å²) in [6, 6.07) is 9.70. The summed E-state index contributed by atoms with van der Waals surface area (Å²) < 4.78 is 0. The van der Waals surface area contributed by atoms with E-state index in [0.29, 0.717) is 17.1 Å². The molecule has 1 aromatic heterocycles. The number of hydrogen-bond acceptors (Lipinski definition) is 4. The van der Waals surface area contributed by atoms with Crippen LogP contribution in [0.4, 0.5) is 5.00 Å². The number of nitrogen functional groups attached to an aromatic ring is 1. The van der Waals surface area contributed by atoms with E-state index in [2.05, 4.69) is 4.98 Å². The van der Waals surface area contributed by atoms with Gasteiger partial charge in [-0.2, -0.15) is 0 Å². The molecular formula is C11H10N2O2S. The summed E-state index contributed by atoms with van der Waals surface area (Å²) in [4.78, 5) is 14.7. The second-order valence-electron chi connectivity index (χ2n) is 3.30. The highest BCUT2D eigenvalue weighted by molar-refractivity contribution is 7.17. The minimum absolute atomic E-state index is 0.0448. The SMILES string of the molecule is Nc1sc(C(=O)O)nc1Cc1ccccc1. The van der Waals surface area contributed by atoms with Crippen LogP contribution < -0.4 is 5.73 Å². The highest BCUT2D eigenvalue weighted by atomic mass is 32.1. The molecule has 0 aliphatic rings.